The van der Waals surface area contributed by atoms with Crippen molar-refractivity contribution in [2.75, 3.05) is 18.4 Å². The van der Waals surface area contributed by atoms with E-state index in [0.29, 0.717) is 17.1 Å². The Labute approximate surface area is 146 Å². The average Bonchev–Trinajstić information content (AvgIpc) is 2.58. The second-order valence-corrected chi connectivity index (χ2v) is 7.20. The number of anilines is 1. The summed E-state index contributed by atoms with van der Waals surface area (Å²) in [5, 5.41) is 24.8. The monoisotopic (exact) mass is 353 g/mol. The normalized spacial score (nSPS) is 26.2. The molecule has 24 heavy (non-hydrogen) atoms. The van der Waals surface area contributed by atoms with Crippen molar-refractivity contribution in [3.8, 4) is 0 Å². The highest BCUT2D eigenvalue weighted by atomic mass is 35.5. The van der Waals surface area contributed by atoms with Crippen molar-refractivity contribution in [1.82, 2.24) is 4.90 Å². The van der Waals surface area contributed by atoms with Crippen LogP contribution in [0.1, 0.15) is 38.5 Å². The lowest BCUT2D eigenvalue weighted by atomic mass is 9.89. The number of halogens is 1. The first-order chi connectivity index (χ1) is 11.5. The molecule has 1 aromatic rings. The average molecular weight is 354 g/mol. The summed E-state index contributed by atoms with van der Waals surface area (Å²) in [5.41, 5.74) is 0.755. The molecule has 1 aliphatic carbocycles. The zero-order chi connectivity index (χ0) is 17.1. The molecule has 1 saturated heterocycles. The second kappa shape index (κ2) is 7.68. The van der Waals surface area contributed by atoms with Gasteiger partial charge in [-0.25, -0.2) is 0 Å². The lowest BCUT2D eigenvalue weighted by Crippen LogP contribution is -2.50. The molecule has 2 N–H and O–H groups in total. The van der Waals surface area contributed by atoms with Crippen molar-refractivity contribution in [2.24, 2.45) is 0 Å². The van der Waals surface area contributed by atoms with Crippen molar-refractivity contribution in [2.45, 2.75) is 56.7 Å². The van der Waals surface area contributed by atoms with Gasteiger partial charge in [0.15, 0.2) is 0 Å². The maximum absolute atomic E-state index is 10.8. The SMILES string of the molecule is O=[N+]([O-])c1ccc(NC2CCN(C3CCCCC3O)CC2)c(Cl)c1. The molecule has 1 aliphatic heterocycles. The van der Waals surface area contributed by atoms with E-state index in [0.717, 1.165) is 50.9 Å². The smallest absolute Gasteiger partial charge is 0.271 e. The van der Waals surface area contributed by atoms with Crippen LogP contribution in [0.15, 0.2) is 18.2 Å². The third-order valence-corrected chi connectivity index (χ3v) is 5.53. The number of likely N-dealkylation sites (tertiary alicyclic amines) is 1. The van der Waals surface area contributed by atoms with Gasteiger partial charge in [-0.2, -0.15) is 0 Å². The standard InChI is InChI=1S/C17H24ClN3O3/c18-14-11-13(21(23)24)5-6-15(14)19-12-7-9-20(10-8-12)16-3-1-2-4-17(16)22/h5-6,11-12,16-17,19,22H,1-4,7-10H2. The van der Waals surface area contributed by atoms with Gasteiger partial charge in [0.25, 0.3) is 5.69 Å². The highest BCUT2D eigenvalue weighted by molar-refractivity contribution is 6.33. The summed E-state index contributed by atoms with van der Waals surface area (Å²) < 4.78 is 0. The number of non-ortho nitro benzene ring substituents is 1. The molecule has 0 amide bonds. The molecular weight excluding hydrogens is 330 g/mol. The highest BCUT2D eigenvalue weighted by Gasteiger charge is 2.31. The van der Waals surface area contributed by atoms with Crippen LogP contribution in [0.4, 0.5) is 11.4 Å². The molecule has 1 heterocycles. The molecule has 0 aromatic heterocycles. The minimum atomic E-state index is -0.441. The first kappa shape index (κ1) is 17.5. The molecule has 2 atom stereocenters. The Morgan fingerprint density at radius 3 is 2.54 bits per heavy atom. The van der Waals surface area contributed by atoms with Crippen LogP contribution in [0, 0.1) is 10.1 Å². The van der Waals surface area contributed by atoms with Crippen molar-refractivity contribution in [3.05, 3.63) is 33.3 Å². The number of nitrogens with one attached hydrogen (secondary N) is 1. The van der Waals surface area contributed by atoms with Crippen molar-refractivity contribution >= 4 is 23.0 Å². The van der Waals surface area contributed by atoms with Crippen LogP contribution >= 0.6 is 11.6 Å². The van der Waals surface area contributed by atoms with Gasteiger partial charge in [-0.1, -0.05) is 24.4 Å². The molecule has 0 radical (unpaired) electrons. The Kier molecular flexibility index (Phi) is 5.58. The van der Waals surface area contributed by atoms with Crippen LogP contribution in [0.5, 0.6) is 0 Å². The van der Waals surface area contributed by atoms with Gasteiger partial charge >= 0.3 is 0 Å². The Bertz CT molecular complexity index is 590. The number of hydrogen-bond donors (Lipinski definition) is 2. The van der Waals surface area contributed by atoms with Crippen LogP contribution in [-0.4, -0.2) is 46.2 Å². The fraction of sp³-hybridized carbons (Fsp3) is 0.647. The van der Waals surface area contributed by atoms with Crippen LogP contribution in [0.25, 0.3) is 0 Å². The summed E-state index contributed by atoms with van der Waals surface area (Å²) in [6.07, 6.45) is 6.13. The summed E-state index contributed by atoms with van der Waals surface area (Å²) in [4.78, 5) is 12.7. The lowest BCUT2D eigenvalue weighted by molar-refractivity contribution is -0.384. The van der Waals surface area contributed by atoms with Gasteiger partial charge in [0.05, 0.1) is 21.7 Å². The fourth-order valence-corrected chi connectivity index (χ4v) is 4.08. The Morgan fingerprint density at radius 2 is 1.92 bits per heavy atom. The number of piperidine rings is 1. The Balaban J connectivity index is 1.54. The van der Waals surface area contributed by atoms with Gasteiger partial charge < -0.3 is 10.4 Å². The number of aliphatic hydroxyl groups excluding tert-OH is 1. The third kappa shape index (κ3) is 3.99. The van der Waals surface area contributed by atoms with Gasteiger partial charge in [0.1, 0.15) is 0 Å². The van der Waals surface area contributed by atoms with Gasteiger partial charge in [-0.15, -0.1) is 0 Å². The van der Waals surface area contributed by atoms with Crippen LogP contribution < -0.4 is 5.32 Å². The fourth-order valence-electron chi connectivity index (χ4n) is 3.85. The molecule has 3 rings (SSSR count). The van der Waals surface area contributed by atoms with E-state index in [1.54, 1.807) is 6.07 Å². The zero-order valence-electron chi connectivity index (χ0n) is 13.7. The third-order valence-electron chi connectivity index (χ3n) is 5.22. The summed E-state index contributed by atoms with van der Waals surface area (Å²) in [7, 11) is 0. The maximum Gasteiger partial charge on any atom is 0.271 e. The van der Waals surface area contributed by atoms with Gasteiger partial charge in [0, 0.05) is 37.3 Å². The maximum atomic E-state index is 10.8. The van der Waals surface area contributed by atoms with E-state index >= 15 is 0 Å². The van der Waals surface area contributed by atoms with E-state index in [1.807, 2.05) is 0 Å². The van der Waals surface area contributed by atoms with E-state index < -0.39 is 4.92 Å². The minimum absolute atomic E-state index is 0.00616. The number of nitrogens with zero attached hydrogens (tertiary/aromatic N) is 2. The second-order valence-electron chi connectivity index (χ2n) is 6.79. The van der Waals surface area contributed by atoms with Crippen LogP contribution in [-0.2, 0) is 0 Å². The summed E-state index contributed by atoms with van der Waals surface area (Å²) in [6, 6.07) is 5.15. The van der Waals surface area contributed by atoms with Crippen molar-refractivity contribution < 1.29 is 10.0 Å². The van der Waals surface area contributed by atoms with E-state index in [9.17, 15) is 15.2 Å². The van der Waals surface area contributed by atoms with Gasteiger partial charge in [-0.05, 0) is 31.7 Å². The topological polar surface area (TPSA) is 78.6 Å². The van der Waals surface area contributed by atoms with Gasteiger partial charge in [-0.3, -0.25) is 15.0 Å². The van der Waals surface area contributed by atoms with Gasteiger partial charge in [0.2, 0.25) is 0 Å². The molecule has 2 unspecified atom stereocenters. The largest absolute Gasteiger partial charge is 0.391 e. The summed E-state index contributed by atoms with van der Waals surface area (Å²) in [6.45, 7) is 1.92. The number of aliphatic hydroxyl groups is 1. The number of rotatable bonds is 4. The number of nitro groups is 1. The molecule has 2 fully saturated rings. The molecule has 0 spiro atoms. The summed E-state index contributed by atoms with van der Waals surface area (Å²) in [5.74, 6) is 0. The van der Waals surface area contributed by atoms with E-state index in [1.165, 1.54) is 18.6 Å². The van der Waals surface area contributed by atoms with E-state index in [4.69, 9.17) is 11.6 Å². The lowest BCUT2D eigenvalue weighted by Gasteiger charge is -2.41. The van der Waals surface area contributed by atoms with Crippen molar-refractivity contribution in [3.63, 3.8) is 0 Å². The number of nitro benzene ring substituents is 1. The molecule has 7 heteroatoms. The van der Waals surface area contributed by atoms with E-state index in [2.05, 4.69) is 10.2 Å². The number of benzene rings is 1. The first-order valence-electron chi connectivity index (χ1n) is 8.67. The molecule has 6 nitrogen and oxygen atoms in total. The Hall–Kier alpha value is -1.37. The summed E-state index contributed by atoms with van der Waals surface area (Å²) >= 11 is 6.15. The first-order valence-corrected chi connectivity index (χ1v) is 9.05. The molecule has 0 bridgehead atoms. The molecule has 132 valence electrons. The number of hydrogen-bond acceptors (Lipinski definition) is 5. The molecule has 1 saturated carbocycles. The molecule has 2 aliphatic rings. The van der Waals surface area contributed by atoms with Crippen LogP contribution in [0.2, 0.25) is 5.02 Å². The van der Waals surface area contributed by atoms with Crippen LogP contribution in [0.3, 0.4) is 0 Å². The quantitative estimate of drug-likeness (QED) is 0.640. The molecule has 1 aromatic carbocycles. The zero-order valence-corrected chi connectivity index (χ0v) is 14.4. The predicted octanol–water partition coefficient (Wildman–Crippen LogP) is 3.43. The minimum Gasteiger partial charge on any atom is -0.391 e. The highest BCUT2D eigenvalue weighted by Crippen LogP contribution is 2.30. The van der Waals surface area contributed by atoms with E-state index in [-0.39, 0.29) is 11.8 Å². The van der Waals surface area contributed by atoms with Crippen molar-refractivity contribution in [1.29, 1.82) is 0 Å². The predicted molar refractivity (Wildman–Crippen MR) is 94.6 cm³/mol. The Morgan fingerprint density at radius 1 is 1.21 bits per heavy atom. The molecular formula is C17H24ClN3O3.